The Morgan fingerprint density at radius 3 is 1.45 bits per heavy atom. The average molecular weight is 652 g/mol. The lowest BCUT2D eigenvalue weighted by Gasteiger charge is -2.22. The zero-order valence-electron chi connectivity index (χ0n) is 28.4. The Kier molecular flexibility index (Phi) is 6.53. The van der Waals surface area contributed by atoms with Crippen molar-refractivity contribution < 1.29 is 0 Å². The Balaban J connectivity index is 1.17. The minimum atomic E-state index is -0.0769. The first-order valence-corrected chi connectivity index (χ1v) is 17.5. The van der Waals surface area contributed by atoms with E-state index in [0.29, 0.717) is 17.5 Å². The van der Waals surface area contributed by atoms with Crippen molar-refractivity contribution in [1.82, 2.24) is 15.0 Å². The molecular weight excluding hydrogens is 619 g/mol. The monoisotopic (exact) mass is 651 g/mol. The lowest BCUT2D eigenvalue weighted by molar-refractivity contribution is 0.661. The van der Waals surface area contributed by atoms with Crippen LogP contribution < -0.4 is 0 Å². The molecule has 0 bridgehead atoms. The van der Waals surface area contributed by atoms with E-state index in [1.165, 1.54) is 60.1 Å². The van der Waals surface area contributed by atoms with Crippen molar-refractivity contribution >= 4 is 32.3 Å². The molecule has 9 aromatic rings. The number of rotatable bonds is 4. The summed E-state index contributed by atoms with van der Waals surface area (Å²) in [6.07, 6.45) is 0. The van der Waals surface area contributed by atoms with Gasteiger partial charge in [0, 0.05) is 22.1 Å². The maximum atomic E-state index is 5.12. The topological polar surface area (TPSA) is 38.7 Å². The third kappa shape index (κ3) is 4.69. The van der Waals surface area contributed by atoms with Crippen molar-refractivity contribution in [2.75, 3.05) is 0 Å². The van der Waals surface area contributed by atoms with Crippen molar-refractivity contribution in [1.29, 1.82) is 0 Å². The van der Waals surface area contributed by atoms with Crippen LogP contribution in [-0.4, -0.2) is 15.0 Å². The van der Waals surface area contributed by atoms with E-state index >= 15 is 0 Å². The van der Waals surface area contributed by atoms with E-state index in [0.717, 1.165) is 22.3 Å². The Hall–Kier alpha value is -6.45. The van der Waals surface area contributed by atoms with Crippen LogP contribution in [0.3, 0.4) is 0 Å². The highest BCUT2D eigenvalue weighted by atomic mass is 15.0. The lowest BCUT2D eigenvalue weighted by Crippen LogP contribution is -2.14. The fraction of sp³-hybridized carbons (Fsp3) is 0.0625. The second-order valence-corrected chi connectivity index (χ2v) is 14.0. The summed E-state index contributed by atoms with van der Waals surface area (Å²) in [7, 11) is 0. The van der Waals surface area contributed by atoms with Gasteiger partial charge in [0.1, 0.15) is 0 Å². The summed E-state index contributed by atoms with van der Waals surface area (Å²) in [4.78, 5) is 15.2. The molecule has 240 valence electrons. The van der Waals surface area contributed by atoms with Gasteiger partial charge >= 0.3 is 0 Å². The molecule has 10 rings (SSSR count). The van der Waals surface area contributed by atoms with Gasteiger partial charge in [-0.05, 0) is 83.9 Å². The predicted molar refractivity (Wildman–Crippen MR) is 212 cm³/mol. The summed E-state index contributed by atoms with van der Waals surface area (Å²) in [5, 5.41) is 7.46. The summed E-state index contributed by atoms with van der Waals surface area (Å²) in [5.74, 6) is 1.96. The van der Waals surface area contributed by atoms with Gasteiger partial charge in [-0.1, -0.05) is 159 Å². The van der Waals surface area contributed by atoms with E-state index in [1.807, 2.05) is 24.3 Å². The molecule has 0 radical (unpaired) electrons. The zero-order chi connectivity index (χ0) is 34.1. The molecule has 0 amide bonds. The van der Waals surface area contributed by atoms with Crippen LogP contribution in [0.15, 0.2) is 164 Å². The molecule has 1 aromatic heterocycles. The maximum absolute atomic E-state index is 5.12. The van der Waals surface area contributed by atoms with Gasteiger partial charge in [0.15, 0.2) is 17.5 Å². The number of fused-ring (bicyclic) bond motifs is 9. The summed E-state index contributed by atoms with van der Waals surface area (Å²) in [6, 6.07) is 58.4. The third-order valence-electron chi connectivity index (χ3n) is 10.7. The summed E-state index contributed by atoms with van der Waals surface area (Å²) >= 11 is 0. The Labute approximate surface area is 297 Å². The van der Waals surface area contributed by atoms with Crippen LogP contribution in [-0.2, 0) is 5.41 Å². The molecule has 3 heteroatoms. The fourth-order valence-electron chi connectivity index (χ4n) is 8.08. The molecule has 0 fully saturated rings. The minimum absolute atomic E-state index is 0.0769. The van der Waals surface area contributed by atoms with Gasteiger partial charge in [-0.15, -0.1) is 0 Å². The molecule has 0 spiro atoms. The molecular formula is C48H33N3. The summed E-state index contributed by atoms with van der Waals surface area (Å²) in [6.45, 7) is 4.70. The van der Waals surface area contributed by atoms with Crippen LogP contribution in [0.1, 0.15) is 25.0 Å². The first kappa shape index (κ1) is 29.5. The number of benzene rings is 8. The molecule has 0 aliphatic heterocycles. The Morgan fingerprint density at radius 2 is 0.765 bits per heavy atom. The molecule has 0 N–H and O–H groups in total. The van der Waals surface area contributed by atoms with Crippen LogP contribution in [0.2, 0.25) is 0 Å². The van der Waals surface area contributed by atoms with Crippen LogP contribution in [0.5, 0.6) is 0 Å². The second-order valence-electron chi connectivity index (χ2n) is 14.0. The molecule has 1 aliphatic carbocycles. The van der Waals surface area contributed by atoms with Gasteiger partial charge in [-0.2, -0.15) is 0 Å². The van der Waals surface area contributed by atoms with Crippen molar-refractivity contribution in [2.45, 2.75) is 19.3 Å². The normalized spacial score (nSPS) is 13.1. The van der Waals surface area contributed by atoms with E-state index in [2.05, 4.69) is 153 Å². The molecule has 8 aromatic carbocycles. The number of hydrogen-bond acceptors (Lipinski definition) is 3. The van der Waals surface area contributed by atoms with Crippen molar-refractivity contribution in [3.8, 4) is 56.4 Å². The van der Waals surface area contributed by atoms with Crippen LogP contribution in [0, 0.1) is 0 Å². The van der Waals surface area contributed by atoms with Gasteiger partial charge in [0.2, 0.25) is 0 Å². The van der Waals surface area contributed by atoms with Crippen molar-refractivity contribution in [3.05, 3.63) is 175 Å². The first-order valence-electron chi connectivity index (χ1n) is 17.5. The first-order chi connectivity index (χ1) is 25.0. The largest absolute Gasteiger partial charge is 0.208 e. The van der Waals surface area contributed by atoms with Crippen molar-refractivity contribution in [3.63, 3.8) is 0 Å². The van der Waals surface area contributed by atoms with E-state index < -0.39 is 0 Å². The highest BCUT2D eigenvalue weighted by Gasteiger charge is 2.35. The SMILES string of the molecule is CC1(C)c2ccccc2-c2cc3c4ccccc4c4cc(-c5nc(-c6ccccc6)nc(-c6ccc(-c7ccccc7)cc6)n5)ccc4c3cc21. The number of aromatic nitrogens is 3. The summed E-state index contributed by atoms with van der Waals surface area (Å²) < 4.78 is 0. The summed E-state index contributed by atoms with van der Waals surface area (Å²) in [5.41, 5.74) is 10.6. The third-order valence-corrected chi connectivity index (χ3v) is 10.7. The highest BCUT2D eigenvalue weighted by Crippen LogP contribution is 2.51. The van der Waals surface area contributed by atoms with E-state index in [1.54, 1.807) is 0 Å². The number of nitrogens with zero attached hydrogens (tertiary/aromatic N) is 3. The minimum Gasteiger partial charge on any atom is -0.208 e. The van der Waals surface area contributed by atoms with Gasteiger partial charge in [0.05, 0.1) is 0 Å². The van der Waals surface area contributed by atoms with Crippen LogP contribution in [0.4, 0.5) is 0 Å². The molecule has 1 aliphatic rings. The van der Waals surface area contributed by atoms with Crippen LogP contribution >= 0.6 is 0 Å². The van der Waals surface area contributed by atoms with Gasteiger partial charge in [-0.25, -0.2) is 15.0 Å². The quantitative estimate of drug-likeness (QED) is 0.178. The van der Waals surface area contributed by atoms with E-state index in [-0.39, 0.29) is 5.41 Å². The molecule has 0 saturated heterocycles. The number of hydrogen-bond donors (Lipinski definition) is 0. The van der Waals surface area contributed by atoms with Gasteiger partial charge in [-0.3, -0.25) is 0 Å². The molecule has 51 heavy (non-hydrogen) atoms. The van der Waals surface area contributed by atoms with E-state index in [9.17, 15) is 0 Å². The molecule has 0 saturated carbocycles. The molecule has 3 nitrogen and oxygen atoms in total. The van der Waals surface area contributed by atoms with E-state index in [4.69, 9.17) is 15.0 Å². The van der Waals surface area contributed by atoms with Gasteiger partial charge < -0.3 is 0 Å². The average Bonchev–Trinajstić information content (AvgIpc) is 3.43. The van der Waals surface area contributed by atoms with Gasteiger partial charge in [0.25, 0.3) is 0 Å². The lowest BCUT2D eigenvalue weighted by atomic mass is 9.81. The Bertz CT molecular complexity index is 2800. The van der Waals surface area contributed by atoms with Crippen molar-refractivity contribution in [2.24, 2.45) is 0 Å². The molecule has 0 unspecified atom stereocenters. The fourth-order valence-corrected chi connectivity index (χ4v) is 8.08. The second kappa shape index (κ2) is 11.3. The highest BCUT2D eigenvalue weighted by molar-refractivity contribution is 6.26. The molecule has 1 heterocycles. The molecule has 0 atom stereocenters. The Morgan fingerprint density at radius 1 is 0.314 bits per heavy atom. The smallest absolute Gasteiger partial charge is 0.164 e. The standard InChI is InChI=1S/C48H33N3/c1-48(2)43-20-12-11-19-38(43)42-28-40-36-18-10-9-17-35(36)39-27-34(25-26-37(39)41(40)29-44(42)48)47-50-45(32-15-7-4-8-16-32)49-46(51-47)33-23-21-31(22-24-33)30-13-5-3-6-14-30/h3-29H,1-2H3. The zero-order valence-corrected chi connectivity index (χ0v) is 28.4. The van der Waals surface area contributed by atoms with Crippen LogP contribution in [0.25, 0.3) is 88.7 Å². The maximum Gasteiger partial charge on any atom is 0.164 e. The predicted octanol–water partition coefficient (Wildman–Crippen LogP) is 12.3.